The lowest BCUT2D eigenvalue weighted by Gasteiger charge is -2.57. The summed E-state index contributed by atoms with van der Waals surface area (Å²) in [4.78, 5) is 25.5. The Balaban J connectivity index is 1.39. The molecule has 0 heterocycles. The second-order valence-electron chi connectivity index (χ2n) is 9.76. The van der Waals surface area contributed by atoms with Gasteiger partial charge in [-0.3, -0.25) is 13.8 Å². The lowest BCUT2D eigenvalue weighted by molar-refractivity contribution is -0.135. The SMILES string of the molecule is CS(=O)(=O)O[C@H]1CC2(NC(=O)COc3ccc(Cl)c(F)c3)CCC1(NC(=O)COc1ccc(Cl)c(F)c1)CC2. The van der Waals surface area contributed by atoms with Gasteiger partial charge in [0.2, 0.25) is 0 Å². The van der Waals surface area contributed by atoms with Gasteiger partial charge < -0.3 is 20.1 Å². The number of ether oxygens (including phenoxy) is 2. The third-order valence-corrected chi connectivity index (χ3v) is 8.09. The van der Waals surface area contributed by atoms with E-state index in [1.54, 1.807) is 0 Å². The molecule has 212 valence electrons. The number of fused-ring (bicyclic) bond motifs is 3. The van der Waals surface area contributed by atoms with Crippen molar-refractivity contribution in [1.82, 2.24) is 10.6 Å². The summed E-state index contributed by atoms with van der Waals surface area (Å²) in [5.41, 5.74) is -1.80. The van der Waals surface area contributed by atoms with Crippen LogP contribution in [-0.2, 0) is 23.9 Å². The molecule has 2 amide bonds. The summed E-state index contributed by atoms with van der Waals surface area (Å²) in [5.74, 6) is -2.18. The normalized spacial score (nSPS) is 24.2. The number of hydrogen-bond donors (Lipinski definition) is 2. The van der Waals surface area contributed by atoms with E-state index < -0.39 is 64.0 Å². The monoisotopic (exact) mass is 606 g/mol. The predicted molar refractivity (Wildman–Crippen MR) is 138 cm³/mol. The topological polar surface area (TPSA) is 120 Å². The Morgan fingerprint density at radius 2 is 1.38 bits per heavy atom. The van der Waals surface area contributed by atoms with Crippen molar-refractivity contribution in [1.29, 1.82) is 0 Å². The van der Waals surface area contributed by atoms with Crippen LogP contribution in [0.25, 0.3) is 0 Å². The van der Waals surface area contributed by atoms with Crippen LogP contribution in [0.15, 0.2) is 36.4 Å². The molecule has 9 nitrogen and oxygen atoms in total. The molecule has 5 rings (SSSR count). The van der Waals surface area contributed by atoms with Gasteiger partial charge in [0.1, 0.15) is 29.2 Å². The number of halogens is 4. The zero-order valence-corrected chi connectivity index (χ0v) is 23.1. The van der Waals surface area contributed by atoms with Crippen LogP contribution in [0.3, 0.4) is 0 Å². The number of carbonyl (C=O) groups excluding carboxylic acids is 2. The van der Waals surface area contributed by atoms with Gasteiger partial charge in [-0.25, -0.2) is 8.78 Å². The van der Waals surface area contributed by atoms with Gasteiger partial charge in [-0.2, -0.15) is 8.42 Å². The fourth-order valence-corrected chi connectivity index (χ4v) is 5.96. The summed E-state index contributed by atoms with van der Waals surface area (Å²) in [7, 11) is -3.91. The average molecular weight is 607 g/mol. The molecule has 3 fully saturated rings. The molecule has 39 heavy (non-hydrogen) atoms. The zero-order chi connectivity index (χ0) is 28.4. The van der Waals surface area contributed by atoms with Crippen LogP contribution < -0.4 is 20.1 Å². The summed E-state index contributed by atoms with van der Waals surface area (Å²) < 4.78 is 67.5. The van der Waals surface area contributed by atoms with Gasteiger partial charge >= 0.3 is 0 Å². The van der Waals surface area contributed by atoms with Crippen LogP contribution in [0.2, 0.25) is 10.0 Å². The van der Waals surface area contributed by atoms with Gasteiger partial charge in [-0.1, -0.05) is 23.2 Å². The molecule has 14 heteroatoms. The number of amides is 2. The Morgan fingerprint density at radius 1 is 0.897 bits per heavy atom. The van der Waals surface area contributed by atoms with Crippen LogP contribution in [0.5, 0.6) is 11.5 Å². The van der Waals surface area contributed by atoms with Gasteiger partial charge in [0.25, 0.3) is 21.9 Å². The minimum Gasteiger partial charge on any atom is -0.484 e. The van der Waals surface area contributed by atoms with E-state index in [1.165, 1.54) is 24.3 Å². The van der Waals surface area contributed by atoms with Crippen molar-refractivity contribution in [2.75, 3.05) is 19.5 Å². The highest BCUT2D eigenvalue weighted by molar-refractivity contribution is 7.86. The second-order valence-corrected chi connectivity index (χ2v) is 12.2. The van der Waals surface area contributed by atoms with Gasteiger partial charge in [-0.15, -0.1) is 0 Å². The van der Waals surface area contributed by atoms with Crippen molar-refractivity contribution in [3.05, 3.63) is 58.1 Å². The third-order valence-electron chi connectivity index (χ3n) is 6.90. The lowest BCUT2D eigenvalue weighted by atomic mass is 9.60. The molecule has 0 aliphatic heterocycles. The highest BCUT2D eigenvalue weighted by Crippen LogP contribution is 2.48. The van der Waals surface area contributed by atoms with E-state index in [0.29, 0.717) is 25.7 Å². The first kappa shape index (κ1) is 29.3. The first-order valence-corrected chi connectivity index (χ1v) is 14.5. The molecule has 0 radical (unpaired) electrons. The molecular weight excluding hydrogens is 581 g/mol. The van der Waals surface area contributed by atoms with Crippen LogP contribution >= 0.6 is 23.2 Å². The maximum atomic E-state index is 13.7. The van der Waals surface area contributed by atoms with E-state index in [-0.39, 0.29) is 28.0 Å². The fraction of sp³-hybridized carbons (Fsp3) is 0.440. The summed E-state index contributed by atoms with van der Waals surface area (Å²) in [6, 6.07) is 7.57. The van der Waals surface area contributed by atoms with Crippen molar-refractivity contribution in [2.45, 2.75) is 49.3 Å². The Labute approximate surface area is 234 Å². The molecular formula is C25H26Cl2F2N2O7S. The molecule has 3 aliphatic carbocycles. The number of rotatable bonds is 10. The standard InChI is InChI=1S/C25H26Cl2F2N2O7S/c1-39(34,35)38-21-12-24(30-22(32)13-36-15-2-4-17(26)19(28)10-15)6-8-25(21,9-7-24)31-23(33)14-37-16-3-5-18(27)20(29)11-16/h2-5,10-11,21H,6-9,12-14H2,1H3,(H,30,32)(H,31,33)/t21-,24?,25?/m0/s1. The van der Waals surface area contributed by atoms with Gasteiger partial charge in [0.15, 0.2) is 13.2 Å². The minimum atomic E-state index is -3.91. The first-order valence-electron chi connectivity index (χ1n) is 11.9. The van der Waals surface area contributed by atoms with E-state index in [2.05, 4.69) is 10.6 Å². The van der Waals surface area contributed by atoms with E-state index in [9.17, 15) is 26.8 Å². The molecule has 0 aromatic heterocycles. The summed E-state index contributed by atoms with van der Waals surface area (Å²) in [6.45, 7) is -0.843. The molecule has 0 saturated heterocycles. The Kier molecular flexibility index (Phi) is 8.60. The van der Waals surface area contributed by atoms with Crippen LogP contribution in [0.1, 0.15) is 32.1 Å². The molecule has 0 unspecified atom stereocenters. The molecule has 3 aliphatic rings. The largest absolute Gasteiger partial charge is 0.484 e. The lowest BCUT2D eigenvalue weighted by Crippen LogP contribution is -2.71. The van der Waals surface area contributed by atoms with Crippen molar-refractivity contribution in [3.8, 4) is 11.5 Å². The summed E-state index contributed by atoms with van der Waals surface area (Å²) in [5, 5.41) is 5.61. The molecule has 2 aromatic carbocycles. The average Bonchev–Trinajstić information content (AvgIpc) is 2.85. The highest BCUT2D eigenvalue weighted by Gasteiger charge is 2.57. The maximum absolute atomic E-state index is 13.7. The third kappa shape index (κ3) is 7.30. The molecule has 2 N–H and O–H groups in total. The number of nitrogens with one attached hydrogen (secondary N) is 2. The smallest absolute Gasteiger partial charge is 0.264 e. The second kappa shape index (κ2) is 11.4. The van der Waals surface area contributed by atoms with Crippen LogP contribution in [0.4, 0.5) is 8.78 Å². The van der Waals surface area contributed by atoms with Crippen LogP contribution in [0, 0.1) is 11.6 Å². The number of carbonyl (C=O) groups is 2. The molecule has 0 spiro atoms. The Hall–Kier alpha value is -2.67. The summed E-state index contributed by atoms with van der Waals surface area (Å²) >= 11 is 11.3. The molecule has 2 aromatic rings. The van der Waals surface area contributed by atoms with Gasteiger partial charge in [0.05, 0.1) is 21.8 Å². The zero-order valence-electron chi connectivity index (χ0n) is 20.8. The highest BCUT2D eigenvalue weighted by atomic mass is 35.5. The Morgan fingerprint density at radius 3 is 1.85 bits per heavy atom. The fourth-order valence-electron chi connectivity index (χ4n) is 5.05. The maximum Gasteiger partial charge on any atom is 0.264 e. The number of benzene rings is 2. The van der Waals surface area contributed by atoms with Crippen molar-refractivity contribution in [3.63, 3.8) is 0 Å². The predicted octanol–water partition coefficient (Wildman–Crippen LogP) is 3.76. The molecule has 2 bridgehead atoms. The Bertz CT molecular complexity index is 1370. The van der Waals surface area contributed by atoms with Crippen molar-refractivity contribution in [2.24, 2.45) is 0 Å². The first-order chi connectivity index (χ1) is 18.3. The number of hydrogen-bond acceptors (Lipinski definition) is 7. The molecule has 1 atom stereocenters. The van der Waals surface area contributed by atoms with E-state index in [1.807, 2.05) is 0 Å². The molecule has 3 saturated carbocycles. The van der Waals surface area contributed by atoms with Crippen molar-refractivity contribution < 1.29 is 40.4 Å². The van der Waals surface area contributed by atoms with Gasteiger partial charge in [-0.05, 0) is 49.9 Å². The van der Waals surface area contributed by atoms with Gasteiger partial charge in [0, 0.05) is 24.1 Å². The van der Waals surface area contributed by atoms with Crippen LogP contribution in [-0.4, -0.2) is 56.9 Å². The van der Waals surface area contributed by atoms with E-state index >= 15 is 0 Å². The van der Waals surface area contributed by atoms with Crippen molar-refractivity contribution >= 4 is 45.1 Å². The van der Waals surface area contributed by atoms with E-state index in [0.717, 1.165) is 18.4 Å². The van der Waals surface area contributed by atoms with E-state index in [4.69, 9.17) is 36.9 Å². The quantitative estimate of drug-likeness (QED) is 0.395. The minimum absolute atomic E-state index is 0.0759. The summed E-state index contributed by atoms with van der Waals surface area (Å²) in [6.07, 6.45) is 1.57.